The van der Waals surface area contributed by atoms with Gasteiger partial charge in [0.05, 0.1) is 16.2 Å². The highest BCUT2D eigenvalue weighted by Gasteiger charge is 2.11. The van der Waals surface area contributed by atoms with E-state index in [1.54, 1.807) is 13.3 Å². The van der Waals surface area contributed by atoms with E-state index in [4.69, 9.17) is 4.74 Å². The molecule has 0 radical (unpaired) electrons. The lowest BCUT2D eigenvalue weighted by Gasteiger charge is -2.09. The standard InChI is InChI=1S/C11H11IN2O/c1-14-7-6-13-11(14)8-4-3-5-9(12)10(8)15-2/h3-7H,1-2H3. The molecule has 0 aliphatic carbocycles. The average Bonchev–Trinajstić information content (AvgIpc) is 2.64. The Bertz CT molecular complexity index is 479. The Morgan fingerprint density at radius 3 is 2.80 bits per heavy atom. The molecule has 0 spiro atoms. The zero-order valence-electron chi connectivity index (χ0n) is 8.57. The molecule has 0 saturated carbocycles. The van der Waals surface area contributed by atoms with E-state index in [0.717, 1.165) is 20.7 Å². The van der Waals surface area contributed by atoms with Crippen molar-refractivity contribution in [3.63, 3.8) is 0 Å². The van der Waals surface area contributed by atoms with Crippen LogP contribution in [0.5, 0.6) is 5.75 Å². The van der Waals surface area contributed by atoms with Gasteiger partial charge < -0.3 is 9.30 Å². The maximum absolute atomic E-state index is 5.39. The lowest BCUT2D eigenvalue weighted by Crippen LogP contribution is -1.96. The second-order valence-electron chi connectivity index (χ2n) is 3.18. The third-order valence-corrected chi connectivity index (χ3v) is 3.08. The first kappa shape index (κ1) is 10.5. The van der Waals surface area contributed by atoms with Crippen LogP contribution in [0.25, 0.3) is 11.4 Å². The average molecular weight is 314 g/mol. The van der Waals surface area contributed by atoms with Crippen LogP contribution in [0.3, 0.4) is 0 Å². The molecule has 0 fully saturated rings. The molecule has 0 atom stereocenters. The van der Waals surface area contributed by atoms with Gasteiger partial charge in [0, 0.05) is 19.4 Å². The number of hydrogen-bond acceptors (Lipinski definition) is 2. The maximum atomic E-state index is 5.39. The first-order valence-electron chi connectivity index (χ1n) is 4.54. The Morgan fingerprint density at radius 2 is 2.20 bits per heavy atom. The molecule has 0 aliphatic rings. The van der Waals surface area contributed by atoms with Crippen LogP contribution in [0.1, 0.15) is 0 Å². The van der Waals surface area contributed by atoms with Crippen molar-refractivity contribution in [3.05, 3.63) is 34.2 Å². The molecule has 78 valence electrons. The molecule has 2 aromatic rings. The Balaban J connectivity index is 2.63. The van der Waals surface area contributed by atoms with Crippen molar-refractivity contribution in [1.29, 1.82) is 0 Å². The molecule has 1 heterocycles. The van der Waals surface area contributed by atoms with Crippen LogP contribution in [-0.4, -0.2) is 16.7 Å². The van der Waals surface area contributed by atoms with Crippen molar-refractivity contribution in [2.45, 2.75) is 0 Å². The minimum Gasteiger partial charge on any atom is -0.495 e. The van der Waals surface area contributed by atoms with Crippen LogP contribution in [0.4, 0.5) is 0 Å². The highest BCUT2D eigenvalue weighted by molar-refractivity contribution is 14.1. The molecule has 0 bridgehead atoms. The number of imidazole rings is 1. The molecule has 0 saturated heterocycles. The number of methoxy groups -OCH3 is 1. The second-order valence-corrected chi connectivity index (χ2v) is 4.34. The zero-order valence-corrected chi connectivity index (χ0v) is 10.7. The second kappa shape index (κ2) is 4.22. The van der Waals surface area contributed by atoms with E-state index in [-0.39, 0.29) is 0 Å². The number of halogens is 1. The monoisotopic (exact) mass is 314 g/mol. The normalized spacial score (nSPS) is 10.3. The Labute approximate surface area is 102 Å². The van der Waals surface area contributed by atoms with Crippen molar-refractivity contribution >= 4 is 22.6 Å². The topological polar surface area (TPSA) is 27.1 Å². The summed E-state index contributed by atoms with van der Waals surface area (Å²) >= 11 is 2.26. The van der Waals surface area contributed by atoms with Gasteiger partial charge in [0.1, 0.15) is 11.6 Å². The van der Waals surface area contributed by atoms with Gasteiger partial charge in [0.25, 0.3) is 0 Å². The summed E-state index contributed by atoms with van der Waals surface area (Å²) in [5, 5.41) is 0. The number of nitrogens with zero attached hydrogens (tertiary/aromatic N) is 2. The first-order valence-corrected chi connectivity index (χ1v) is 5.62. The number of hydrogen-bond donors (Lipinski definition) is 0. The van der Waals surface area contributed by atoms with Crippen molar-refractivity contribution in [2.24, 2.45) is 7.05 Å². The van der Waals surface area contributed by atoms with Gasteiger partial charge in [-0.1, -0.05) is 6.07 Å². The fourth-order valence-electron chi connectivity index (χ4n) is 1.52. The van der Waals surface area contributed by atoms with Crippen LogP contribution >= 0.6 is 22.6 Å². The van der Waals surface area contributed by atoms with Crippen LogP contribution in [-0.2, 0) is 7.05 Å². The SMILES string of the molecule is COc1c(I)cccc1-c1nccn1C. The molecule has 3 nitrogen and oxygen atoms in total. The van der Waals surface area contributed by atoms with Crippen molar-refractivity contribution in [1.82, 2.24) is 9.55 Å². The van der Waals surface area contributed by atoms with Gasteiger partial charge in [-0.05, 0) is 34.7 Å². The molecule has 1 aromatic carbocycles. The number of benzene rings is 1. The Morgan fingerprint density at radius 1 is 1.40 bits per heavy atom. The molecule has 2 rings (SSSR count). The largest absolute Gasteiger partial charge is 0.495 e. The Hall–Kier alpha value is -1.04. The van der Waals surface area contributed by atoms with E-state index >= 15 is 0 Å². The van der Waals surface area contributed by atoms with Crippen LogP contribution < -0.4 is 4.74 Å². The van der Waals surface area contributed by atoms with Gasteiger partial charge in [-0.15, -0.1) is 0 Å². The molecule has 15 heavy (non-hydrogen) atoms. The summed E-state index contributed by atoms with van der Waals surface area (Å²) in [6.07, 6.45) is 3.71. The lowest BCUT2D eigenvalue weighted by molar-refractivity contribution is 0.413. The minimum absolute atomic E-state index is 0.882. The summed E-state index contributed by atoms with van der Waals surface area (Å²) in [6.45, 7) is 0. The third-order valence-electron chi connectivity index (χ3n) is 2.23. The molecule has 0 unspecified atom stereocenters. The molecular formula is C11H11IN2O. The van der Waals surface area contributed by atoms with Crippen molar-refractivity contribution in [3.8, 4) is 17.1 Å². The summed E-state index contributed by atoms with van der Waals surface area (Å²) in [7, 11) is 3.66. The molecule has 0 aliphatic heterocycles. The predicted octanol–water partition coefficient (Wildman–Crippen LogP) is 2.70. The highest BCUT2D eigenvalue weighted by atomic mass is 127. The number of aryl methyl sites for hydroxylation is 1. The van der Waals surface area contributed by atoms with Crippen LogP contribution in [0.2, 0.25) is 0 Å². The van der Waals surface area contributed by atoms with E-state index in [9.17, 15) is 0 Å². The summed E-state index contributed by atoms with van der Waals surface area (Å²) in [6, 6.07) is 6.05. The van der Waals surface area contributed by atoms with E-state index < -0.39 is 0 Å². The summed E-state index contributed by atoms with van der Waals surface area (Å²) in [4.78, 5) is 4.32. The third kappa shape index (κ3) is 1.86. The van der Waals surface area contributed by atoms with Gasteiger partial charge in [0.2, 0.25) is 0 Å². The molecule has 4 heteroatoms. The van der Waals surface area contributed by atoms with Gasteiger partial charge in [-0.3, -0.25) is 0 Å². The summed E-state index contributed by atoms with van der Waals surface area (Å²) < 4.78 is 8.47. The zero-order chi connectivity index (χ0) is 10.8. The van der Waals surface area contributed by atoms with Crippen LogP contribution in [0, 0.1) is 3.57 Å². The number of para-hydroxylation sites is 1. The molecule has 0 amide bonds. The van der Waals surface area contributed by atoms with Crippen LogP contribution in [0.15, 0.2) is 30.6 Å². The van der Waals surface area contributed by atoms with Crippen molar-refractivity contribution < 1.29 is 4.74 Å². The quantitative estimate of drug-likeness (QED) is 0.797. The highest BCUT2D eigenvalue weighted by Crippen LogP contribution is 2.32. The molecule has 1 aromatic heterocycles. The van der Waals surface area contributed by atoms with E-state index in [0.29, 0.717) is 0 Å². The lowest BCUT2D eigenvalue weighted by atomic mass is 10.2. The van der Waals surface area contributed by atoms with Crippen molar-refractivity contribution in [2.75, 3.05) is 7.11 Å². The minimum atomic E-state index is 0.882. The fraction of sp³-hybridized carbons (Fsp3) is 0.182. The first-order chi connectivity index (χ1) is 7.24. The summed E-state index contributed by atoms with van der Waals surface area (Å²) in [5.74, 6) is 1.80. The number of rotatable bonds is 2. The summed E-state index contributed by atoms with van der Waals surface area (Å²) in [5.41, 5.74) is 1.02. The predicted molar refractivity (Wildman–Crippen MR) is 67.9 cm³/mol. The van der Waals surface area contributed by atoms with Gasteiger partial charge in [-0.2, -0.15) is 0 Å². The Kier molecular flexibility index (Phi) is 2.95. The number of aromatic nitrogens is 2. The molecular weight excluding hydrogens is 303 g/mol. The molecule has 0 N–H and O–H groups in total. The van der Waals surface area contributed by atoms with E-state index in [1.165, 1.54) is 0 Å². The number of ether oxygens (including phenoxy) is 1. The smallest absolute Gasteiger partial charge is 0.143 e. The fourth-order valence-corrected chi connectivity index (χ4v) is 2.24. The van der Waals surface area contributed by atoms with E-state index in [2.05, 4.69) is 27.6 Å². The van der Waals surface area contributed by atoms with Gasteiger partial charge in [0.15, 0.2) is 0 Å². The van der Waals surface area contributed by atoms with Gasteiger partial charge in [-0.25, -0.2) is 4.98 Å². The maximum Gasteiger partial charge on any atom is 0.143 e. The van der Waals surface area contributed by atoms with E-state index in [1.807, 2.05) is 36.0 Å². The van der Waals surface area contributed by atoms with Gasteiger partial charge >= 0.3 is 0 Å².